The van der Waals surface area contributed by atoms with Gasteiger partial charge in [0, 0.05) is 40.1 Å². The highest BCUT2D eigenvalue weighted by Gasteiger charge is 2.13. The van der Waals surface area contributed by atoms with E-state index in [2.05, 4.69) is 20.3 Å². The zero-order chi connectivity index (χ0) is 19.7. The minimum absolute atomic E-state index is 0.129. The number of hydrogen-bond acceptors (Lipinski definition) is 4. The monoisotopic (exact) mass is 390 g/mol. The summed E-state index contributed by atoms with van der Waals surface area (Å²) in [5.74, 6) is 0.701. The van der Waals surface area contributed by atoms with E-state index in [-0.39, 0.29) is 11.6 Å². The van der Waals surface area contributed by atoms with Gasteiger partial charge in [0.25, 0.3) is 5.56 Å². The molecule has 0 radical (unpaired) electrons. The Labute approximate surface area is 167 Å². The largest absolute Gasteiger partial charge is 0.363 e. The van der Waals surface area contributed by atoms with Crippen molar-refractivity contribution in [2.45, 2.75) is 19.9 Å². The summed E-state index contributed by atoms with van der Waals surface area (Å²) in [6, 6.07) is 13.0. The van der Waals surface area contributed by atoms with Crippen molar-refractivity contribution in [2.75, 3.05) is 5.32 Å². The molecule has 5 nitrogen and oxygen atoms in total. The Morgan fingerprint density at radius 1 is 1.11 bits per heavy atom. The number of H-pyrrole nitrogens is 1. The summed E-state index contributed by atoms with van der Waals surface area (Å²) in [5, 5.41) is 4.85. The van der Waals surface area contributed by atoms with E-state index in [9.17, 15) is 4.79 Å². The third-order valence-corrected chi connectivity index (χ3v) is 4.99. The molecule has 0 bridgehead atoms. The molecule has 0 spiro atoms. The average molecular weight is 391 g/mol. The average Bonchev–Trinajstić information content (AvgIpc) is 2.68. The predicted molar refractivity (Wildman–Crippen MR) is 114 cm³/mol. The minimum Gasteiger partial charge on any atom is -0.363 e. The molecule has 3 aromatic heterocycles. The van der Waals surface area contributed by atoms with Gasteiger partial charge in [-0.1, -0.05) is 11.6 Å². The molecule has 4 rings (SSSR count). The van der Waals surface area contributed by atoms with Crippen molar-refractivity contribution < 1.29 is 0 Å². The fourth-order valence-corrected chi connectivity index (χ4v) is 3.47. The van der Waals surface area contributed by atoms with Crippen LogP contribution in [0.4, 0.5) is 5.82 Å². The standard InChI is InChI=1S/C22H19ClN4O/c1-13-12-24-7-6-18(13)15-5-8-25-21(11-15)26-14(2)19-10-16-9-17(23)3-4-20(16)27-22(19)28/h3-12,14H,1-2H3,(H,25,26)(H,27,28)/t14-/m0/s1. The van der Waals surface area contributed by atoms with E-state index in [1.165, 1.54) is 0 Å². The zero-order valence-electron chi connectivity index (χ0n) is 15.5. The van der Waals surface area contributed by atoms with E-state index < -0.39 is 0 Å². The molecule has 0 amide bonds. The summed E-state index contributed by atoms with van der Waals surface area (Å²) < 4.78 is 0. The Kier molecular flexibility index (Phi) is 4.84. The van der Waals surface area contributed by atoms with Crippen LogP contribution in [0.15, 0.2) is 65.8 Å². The first-order chi connectivity index (χ1) is 13.5. The fraction of sp³-hybridized carbons (Fsp3) is 0.136. The van der Waals surface area contributed by atoms with E-state index >= 15 is 0 Å². The number of nitrogens with one attached hydrogen (secondary N) is 2. The summed E-state index contributed by atoms with van der Waals surface area (Å²) in [7, 11) is 0. The van der Waals surface area contributed by atoms with Crippen molar-refractivity contribution in [3.05, 3.63) is 87.6 Å². The van der Waals surface area contributed by atoms with Crippen molar-refractivity contribution in [1.29, 1.82) is 0 Å². The van der Waals surface area contributed by atoms with Gasteiger partial charge < -0.3 is 10.3 Å². The lowest BCUT2D eigenvalue weighted by molar-refractivity contribution is 0.857. The lowest BCUT2D eigenvalue weighted by atomic mass is 10.0. The van der Waals surface area contributed by atoms with Gasteiger partial charge in [-0.3, -0.25) is 9.78 Å². The topological polar surface area (TPSA) is 70.7 Å². The highest BCUT2D eigenvalue weighted by atomic mass is 35.5. The zero-order valence-corrected chi connectivity index (χ0v) is 16.3. The first-order valence-corrected chi connectivity index (χ1v) is 9.35. The van der Waals surface area contributed by atoms with Crippen molar-refractivity contribution >= 4 is 28.3 Å². The molecule has 1 aromatic carbocycles. The SMILES string of the molecule is Cc1cnccc1-c1ccnc(N[C@@H](C)c2cc3cc(Cl)ccc3[nH]c2=O)c1. The van der Waals surface area contributed by atoms with E-state index in [1.54, 1.807) is 18.5 Å². The summed E-state index contributed by atoms with van der Waals surface area (Å²) in [6.45, 7) is 3.96. The van der Waals surface area contributed by atoms with Gasteiger partial charge in [0.1, 0.15) is 5.82 Å². The number of aromatic amines is 1. The van der Waals surface area contributed by atoms with Gasteiger partial charge in [-0.2, -0.15) is 0 Å². The molecule has 6 heteroatoms. The van der Waals surface area contributed by atoms with Gasteiger partial charge in [-0.15, -0.1) is 0 Å². The molecule has 0 aliphatic heterocycles. The third-order valence-electron chi connectivity index (χ3n) is 4.76. The van der Waals surface area contributed by atoms with Gasteiger partial charge in [0.15, 0.2) is 0 Å². The Morgan fingerprint density at radius 3 is 2.79 bits per heavy atom. The number of nitrogens with zero attached hydrogens (tertiary/aromatic N) is 2. The first kappa shape index (κ1) is 18.2. The molecule has 0 fully saturated rings. The van der Waals surface area contributed by atoms with Gasteiger partial charge in [-0.25, -0.2) is 4.98 Å². The maximum atomic E-state index is 12.5. The second-order valence-electron chi connectivity index (χ2n) is 6.77. The van der Waals surface area contributed by atoms with Gasteiger partial charge in [0.2, 0.25) is 0 Å². The molecule has 28 heavy (non-hydrogen) atoms. The maximum absolute atomic E-state index is 12.5. The number of halogens is 1. The van der Waals surface area contributed by atoms with E-state index in [1.807, 2.05) is 56.4 Å². The Hall–Kier alpha value is -3.18. The van der Waals surface area contributed by atoms with Gasteiger partial charge >= 0.3 is 0 Å². The van der Waals surface area contributed by atoms with Crippen LogP contribution < -0.4 is 10.9 Å². The molecule has 0 saturated carbocycles. The quantitative estimate of drug-likeness (QED) is 0.507. The number of rotatable bonds is 4. The molecule has 4 aromatic rings. The Bertz CT molecular complexity index is 1220. The Balaban J connectivity index is 1.66. The summed E-state index contributed by atoms with van der Waals surface area (Å²) in [5.41, 5.74) is 4.50. The number of hydrogen-bond donors (Lipinski definition) is 2. The highest BCUT2D eigenvalue weighted by Crippen LogP contribution is 2.26. The van der Waals surface area contributed by atoms with Crippen LogP contribution in [-0.2, 0) is 0 Å². The number of aromatic nitrogens is 3. The summed E-state index contributed by atoms with van der Waals surface area (Å²) in [6.07, 6.45) is 5.37. The summed E-state index contributed by atoms with van der Waals surface area (Å²) >= 11 is 6.09. The second-order valence-corrected chi connectivity index (χ2v) is 7.21. The number of anilines is 1. The van der Waals surface area contributed by atoms with Crippen LogP contribution in [0.2, 0.25) is 5.02 Å². The first-order valence-electron chi connectivity index (χ1n) is 8.97. The summed E-state index contributed by atoms with van der Waals surface area (Å²) in [4.78, 5) is 24.0. The van der Waals surface area contributed by atoms with Crippen LogP contribution in [0.3, 0.4) is 0 Å². The molecule has 0 unspecified atom stereocenters. The van der Waals surface area contributed by atoms with Crippen molar-refractivity contribution in [1.82, 2.24) is 15.0 Å². The van der Waals surface area contributed by atoms with Crippen LogP contribution in [0.25, 0.3) is 22.0 Å². The van der Waals surface area contributed by atoms with Crippen LogP contribution in [0.5, 0.6) is 0 Å². The van der Waals surface area contributed by atoms with Gasteiger partial charge in [-0.05, 0) is 73.0 Å². The molecule has 0 saturated heterocycles. The van der Waals surface area contributed by atoms with Gasteiger partial charge in [0.05, 0.1) is 6.04 Å². The lowest BCUT2D eigenvalue weighted by Gasteiger charge is -2.16. The second kappa shape index (κ2) is 7.44. The minimum atomic E-state index is -0.228. The van der Waals surface area contributed by atoms with Crippen molar-refractivity contribution in [3.8, 4) is 11.1 Å². The molecule has 0 aliphatic carbocycles. The molecule has 1 atom stereocenters. The predicted octanol–water partition coefficient (Wildman–Crippen LogP) is 5.12. The van der Waals surface area contributed by atoms with Crippen LogP contribution in [0.1, 0.15) is 24.1 Å². The van der Waals surface area contributed by atoms with Crippen LogP contribution in [0, 0.1) is 6.92 Å². The molecular weight excluding hydrogens is 372 g/mol. The fourth-order valence-electron chi connectivity index (χ4n) is 3.29. The highest BCUT2D eigenvalue weighted by molar-refractivity contribution is 6.31. The van der Waals surface area contributed by atoms with Crippen molar-refractivity contribution in [2.24, 2.45) is 0 Å². The maximum Gasteiger partial charge on any atom is 0.253 e. The number of benzene rings is 1. The molecule has 140 valence electrons. The van der Waals surface area contributed by atoms with E-state index in [0.29, 0.717) is 16.4 Å². The lowest BCUT2D eigenvalue weighted by Crippen LogP contribution is -2.19. The normalized spacial score (nSPS) is 12.1. The number of fused-ring (bicyclic) bond motifs is 1. The van der Waals surface area contributed by atoms with Crippen LogP contribution >= 0.6 is 11.6 Å². The molecule has 2 N–H and O–H groups in total. The number of pyridine rings is 3. The number of aryl methyl sites for hydroxylation is 1. The molecule has 0 aliphatic rings. The third kappa shape index (κ3) is 3.62. The van der Waals surface area contributed by atoms with E-state index in [0.717, 1.165) is 27.6 Å². The van der Waals surface area contributed by atoms with Crippen molar-refractivity contribution in [3.63, 3.8) is 0 Å². The molecular formula is C22H19ClN4O. The van der Waals surface area contributed by atoms with E-state index in [4.69, 9.17) is 11.6 Å². The smallest absolute Gasteiger partial charge is 0.253 e. The van der Waals surface area contributed by atoms with Crippen LogP contribution in [-0.4, -0.2) is 15.0 Å². The Morgan fingerprint density at radius 2 is 1.96 bits per heavy atom. The molecule has 3 heterocycles.